The molecule has 1 aromatic heterocycles. The number of methoxy groups -OCH3 is 2. The highest BCUT2D eigenvalue weighted by Gasteiger charge is 2.09. The van der Waals surface area contributed by atoms with Gasteiger partial charge >= 0.3 is 0 Å². The van der Waals surface area contributed by atoms with E-state index in [1.165, 1.54) is 5.56 Å². The summed E-state index contributed by atoms with van der Waals surface area (Å²) in [5, 5.41) is 0.952. The molecule has 4 heteroatoms. The van der Waals surface area contributed by atoms with Gasteiger partial charge in [0.2, 0.25) is 0 Å². The maximum Gasteiger partial charge on any atom is 0.162 e. The summed E-state index contributed by atoms with van der Waals surface area (Å²) in [7, 11) is 3.27. The average Bonchev–Trinajstić information content (AvgIpc) is 3.00. The fraction of sp³-hybridized carbons (Fsp3) is 0.105. The molecular weight excluding hydrogens is 306 g/mol. The van der Waals surface area contributed by atoms with Crippen molar-refractivity contribution >= 4 is 33.7 Å². The van der Waals surface area contributed by atoms with Crippen molar-refractivity contribution in [2.45, 2.75) is 0 Å². The number of hydrogen-bond acceptors (Lipinski definition) is 4. The van der Waals surface area contributed by atoms with Crippen LogP contribution in [-0.2, 0) is 0 Å². The van der Waals surface area contributed by atoms with Crippen LogP contribution < -0.4 is 9.47 Å². The van der Waals surface area contributed by atoms with E-state index >= 15 is 0 Å². The van der Waals surface area contributed by atoms with Gasteiger partial charge in [-0.1, -0.05) is 48.6 Å². The van der Waals surface area contributed by atoms with Gasteiger partial charge in [-0.05, 0) is 11.6 Å². The lowest BCUT2D eigenvalue weighted by Crippen LogP contribution is -1.89. The predicted molar refractivity (Wildman–Crippen MR) is 97.2 cm³/mol. The lowest BCUT2D eigenvalue weighted by molar-refractivity contribution is 0.356. The number of nitrogens with zero attached hydrogens (tertiary/aromatic N) is 1. The molecule has 0 fully saturated rings. The molecule has 0 aliphatic heterocycles. The number of thiazole rings is 1. The SMILES string of the molecule is COc1cc2nc(/C=C/C=C/c3ccccc3)sc2cc1OC. The molecule has 1 heterocycles. The Kier molecular flexibility index (Phi) is 4.74. The van der Waals surface area contributed by atoms with Crippen LogP contribution in [0.3, 0.4) is 0 Å². The van der Waals surface area contributed by atoms with Gasteiger partial charge in [-0.25, -0.2) is 4.98 Å². The summed E-state index contributed by atoms with van der Waals surface area (Å²) in [5.74, 6) is 1.42. The Bertz CT molecular complexity index is 809. The molecule has 0 radical (unpaired) electrons. The van der Waals surface area contributed by atoms with Crippen LogP contribution in [0, 0.1) is 0 Å². The van der Waals surface area contributed by atoms with Gasteiger partial charge in [-0.3, -0.25) is 0 Å². The normalized spacial score (nSPS) is 11.6. The second-order valence-electron chi connectivity index (χ2n) is 4.86. The van der Waals surface area contributed by atoms with Crippen LogP contribution in [-0.4, -0.2) is 19.2 Å². The van der Waals surface area contributed by atoms with E-state index in [4.69, 9.17) is 9.47 Å². The number of aromatic nitrogens is 1. The largest absolute Gasteiger partial charge is 0.493 e. The number of benzene rings is 2. The molecule has 3 nitrogen and oxygen atoms in total. The molecule has 0 aliphatic rings. The highest BCUT2D eigenvalue weighted by atomic mass is 32.1. The van der Waals surface area contributed by atoms with Crippen molar-refractivity contribution < 1.29 is 9.47 Å². The van der Waals surface area contributed by atoms with Gasteiger partial charge in [-0.15, -0.1) is 11.3 Å². The summed E-state index contributed by atoms with van der Waals surface area (Å²) in [5.41, 5.74) is 2.09. The van der Waals surface area contributed by atoms with Crippen molar-refractivity contribution in [3.63, 3.8) is 0 Å². The summed E-state index contributed by atoms with van der Waals surface area (Å²) < 4.78 is 11.7. The molecule has 0 bridgehead atoms. The van der Waals surface area contributed by atoms with Crippen LogP contribution in [0.15, 0.2) is 54.6 Å². The van der Waals surface area contributed by atoms with Crippen molar-refractivity contribution in [2.24, 2.45) is 0 Å². The zero-order valence-electron chi connectivity index (χ0n) is 13.0. The first-order chi connectivity index (χ1) is 11.3. The van der Waals surface area contributed by atoms with E-state index in [0.717, 1.165) is 21.0 Å². The summed E-state index contributed by atoms with van der Waals surface area (Å²) in [6, 6.07) is 14.1. The Morgan fingerprint density at radius 2 is 1.61 bits per heavy atom. The smallest absolute Gasteiger partial charge is 0.162 e. The summed E-state index contributed by atoms with van der Waals surface area (Å²) in [6.07, 6.45) is 8.08. The van der Waals surface area contributed by atoms with Crippen molar-refractivity contribution in [2.75, 3.05) is 14.2 Å². The lowest BCUT2D eigenvalue weighted by atomic mass is 10.2. The second kappa shape index (κ2) is 7.11. The van der Waals surface area contributed by atoms with Gasteiger partial charge in [0, 0.05) is 12.1 Å². The molecule has 0 aliphatic carbocycles. The Morgan fingerprint density at radius 3 is 2.35 bits per heavy atom. The molecule has 0 saturated carbocycles. The first-order valence-corrected chi connectivity index (χ1v) is 8.04. The van der Waals surface area contributed by atoms with Gasteiger partial charge in [0.25, 0.3) is 0 Å². The van der Waals surface area contributed by atoms with E-state index in [1.54, 1.807) is 25.6 Å². The van der Waals surface area contributed by atoms with Gasteiger partial charge in [-0.2, -0.15) is 0 Å². The molecule has 3 rings (SSSR count). The van der Waals surface area contributed by atoms with E-state index in [1.807, 2.05) is 48.6 Å². The Morgan fingerprint density at radius 1 is 0.913 bits per heavy atom. The molecule has 23 heavy (non-hydrogen) atoms. The van der Waals surface area contributed by atoms with Gasteiger partial charge in [0.1, 0.15) is 5.01 Å². The zero-order chi connectivity index (χ0) is 16.1. The van der Waals surface area contributed by atoms with E-state index in [2.05, 4.69) is 23.2 Å². The third kappa shape index (κ3) is 3.60. The highest BCUT2D eigenvalue weighted by molar-refractivity contribution is 7.19. The molecule has 0 spiro atoms. The molecule has 0 amide bonds. The molecule has 2 aromatic carbocycles. The number of fused-ring (bicyclic) bond motifs is 1. The van der Waals surface area contributed by atoms with Crippen LogP contribution in [0.5, 0.6) is 11.5 Å². The molecule has 3 aromatic rings. The molecule has 0 N–H and O–H groups in total. The maximum atomic E-state index is 5.33. The van der Waals surface area contributed by atoms with Crippen molar-refractivity contribution in [3.05, 3.63) is 65.2 Å². The van der Waals surface area contributed by atoms with Crippen molar-refractivity contribution in [3.8, 4) is 11.5 Å². The molecule has 0 atom stereocenters. The van der Waals surface area contributed by atoms with Crippen LogP contribution in [0.4, 0.5) is 0 Å². The topological polar surface area (TPSA) is 31.4 Å². The average molecular weight is 323 g/mol. The van der Waals surface area contributed by atoms with Crippen LogP contribution in [0.2, 0.25) is 0 Å². The summed E-state index contributed by atoms with van der Waals surface area (Å²) >= 11 is 1.62. The Labute approximate surface area is 139 Å². The first kappa shape index (κ1) is 15.3. The number of rotatable bonds is 5. The molecule has 0 unspecified atom stereocenters. The fourth-order valence-electron chi connectivity index (χ4n) is 2.21. The van der Waals surface area contributed by atoms with E-state index in [0.29, 0.717) is 5.75 Å². The van der Waals surface area contributed by atoms with E-state index < -0.39 is 0 Å². The lowest BCUT2D eigenvalue weighted by Gasteiger charge is -2.05. The highest BCUT2D eigenvalue weighted by Crippen LogP contribution is 2.34. The fourth-order valence-corrected chi connectivity index (χ4v) is 3.10. The maximum absolute atomic E-state index is 5.33. The van der Waals surface area contributed by atoms with Crippen molar-refractivity contribution in [1.29, 1.82) is 0 Å². The van der Waals surface area contributed by atoms with Crippen LogP contribution >= 0.6 is 11.3 Å². The number of hydrogen-bond donors (Lipinski definition) is 0. The Balaban J connectivity index is 1.80. The minimum atomic E-state index is 0.699. The van der Waals surface area contributed by atoms with Gasteiger partial charge < -0.3 is 9.47 Å². The monoisotopic (exact) mass is 323 g/mol. The standard InChI is InChI=1S/C19H17NO2S/c1-21-16-12-15-18(13-17(16)22-2)23-19(20-15)11-7-6-10-14-8-4-3-5-9-14/h3-13H,1-2H3/b10-6+,11-7+. The second-order valence-corrected chi connectivity index (χ2v) is 5.92. The third-order valence-corrected chi connectivity index (χ3v) is 4.33. The number of ether oxygens (including phenoxy) is 2. The third-order valence-electron chi connectivity index (χ3n) is 3.35. The van der Waals surface area contributed by atoms with E-state index in [-0.39, 0.29) is 0 Å². The van der Waals surface area contributed by atoms with Gasteiger partial charge in [0.05, 0.1) is 24.4 Å². The van der Waals surface area contributed by atoms with E-state index in [9.17, 15) is 0 Å². The quantitative estimate of drug-likeness (QED) is 0.616. The minimum Gasteiger partial charge on any atom is -0.493 e. The molecule has 0 saturated heterocycles. The Hall–Kier alpha value is -2.59. The minimum absolute atomic E-state index is 0.699. The zero-order valence-corrected chi connectivity index (χ0v) is 13.8. The van der Waals surface area contributed by atoms with Crippen molar-refractivity contribution in [1.82, 2.24) is 4.98 Å². The van der Waals surface area contributed by atoms with Crippen LogP contribution in [0.1, 0.15) is 10.6 Å². The summed E-state index contributed by atoms with van der Waals surface area (Å²) in [4.78, 5) is 4.60. The first-order valence-electron chi connectivity index (χ1n) is 7.22. The summed E-state index contributed by atoms with van der Waals surface area (Å²) in [6.45, 7) is 0. The molecule has 116 valence electrons. The van der Waals surface area contributed by atoms with Crippen LogP contribution in [0.25, 0.3) is 22.4 Å². The number of allylic oxidation sites excluding steroid dienone is 2. The molecular formula is C19H17NO2S. The van der Waals surface area contributed by atoms with Gasteiger partial charge in [0.15, 0.2) is 11.5 Å². The predicted octanol–water partition coefficient (Wildman–Crippen LogP) is 5.04.